The highest BCUT2D eigenvalue weighted by Crippen LogP contribution is 2.32. The number of fused-ring (bicyclic) bond motifs is 1. The van der Waals surface area contributed by atoms with Crippen LogP contribution in [0.2, 0.25) is 5.22 Å². The van der Waals surface area contributed by atoms with Crippen LogP contribution >= 0.6 is 23.2 Å². The number of aromatic nitrogens is 1. The summed E-state index contributed by atoms with van der Waals surface area (Å²) in [5.74, 6) is 0.181. The van der Waals surface area contributed by atoms with Crippen molar-refractivity contribution in [1.82, 2.24) is 4.57 Å². The number of nitrogens with zero attached hydrogens (tertiary/aromatic N) is 1. The first-order valence-electron chi connectivity index (χ1n) is 6.12. The van der Waals surface area contributed by atoms with Crippen LogP contribution < -0.4 is 5.76 Å². The molecule has 0 radical (unpaired) electrons. The van der Waals surface area contributed by atoms with Gasteiger partial charge in [-0.05, 0) is 48.4 Å². The molecule has 1 aromatic carbocycles. The molecule has 6 heteroatoms. The van der Waals surface area contributed by atoms with E-state index in [0.717, 1.165) is 11.1 Å². The van der Waals surface area contributed by atoms with Gasteiger partial charge in [0.05, 0.1) is 5.52 Å². The van der Waals surface area contributed by atoms with Gasteiger partial charge in [-0.25, -0.2) is 4.79 Å². The van der Waals surface area contributed by atoms with Gasteiger partial charge in [-0.1, -0.05) is 6.07 Å². The summed E-state index contributed by atoms with van der Waals surface area (Å²) in [6, 6.07) is 8.77. The molecule has 0 aliphatic heterocycles. The van der Waals surface area contributed by atoms with Crippen molar-refractivity contribution < 1.29 is 8.83 Å². The third-order valence-corrected chi connectivity index (χ3v) is 3.82. The molecule has 0 amide bonds. The lowest BCUT2D eigenvalue weighted by Crippen LogP contribution is -2.11. The van der Waals surface area contributed by atoms with E-state index >= 15 is 0 Å². The molecule has 3 rings (SSSR count). The second kappa shape index (κ2) is 5.04. The van der Waals surface area contributed by atoms with Crippen LogP contribution in [0.15, 0.2) is 44.0 Å². The average molecular weight is 312 g/mol. The molecule has 0 saturated carbocycles. The SMILES string of the molecule is CCn1c(=O)oc2cc(C(Cl)c3ccc(Cl)o3)ccc21. The zero-order valence-corrected chi connectivity index (χ0v) is 12.1. The van der Waals surface area contributed by atoms with E-state index in [1.165, 1.54) is 0 Å². The summed E-state index contributed by atoms with van der Waals surface area (Å²) in [5.41, 5.74) is 2.04. The molecule has 0 bridgehead atoms. The number of furan rings is 1. The van der Waals surface area contributed by atoms with Gasteiger partial charge in [0.2, 0.25) is 0 Å². The normalized spacial score (nSPS) is 12.9. The summed E-state index contributed by atoms with van der Waals surface area (Å²) < 4.78 is 12.1. The third-order valence-electron chi connectivity index (χ3n) is 3.14. The Kier molecular flexibility index (Phi) is 3.36. The maximum absolute atomic E-state index is 11.7. The zero-order chi connectivity index (χ0) is 14.3. The summed E-state index contributed by atoms with van der Waals surface area (Å²) in [7, 11) is 0. The van der Waals surface area contributed by atoms with Crippen LogP contribution in [0.3, 0.4) is 0 Å². The topological polar surface area (TPSA) is 48.3 Å². The second-order valence-corrected chi connectivity index (χ2v) is 5.15. The number of benzene rings is 1. The van der Waals surface area contributed by atoms with Gasteiger partial charge in [0.1, 0.15) is 11.1 Å². The molecule has 104 valence electrons. The highest BCUT2D eigenvalue weighted by Gasteiger charge is 2.17. The monoisotopic (exact) mass is 311 g/mol. The first-order chi connectivity index (χ1) is 9.60. The van der Waals surface area contributed by atoms with E-state index in [-0.39, 0.29) is 11.0 Å². The minimum absolute atomic E-state index is 0.287. The number of hydrogen-bond acceptors (Lipinski definition) is 3. The molecule has 1 atom stereocenters. The Balaban J connectivity index is 2.07. The summed E-state index contributed by atoms with van der Waals surface area (Å²) in [5, 5.41) is -0.197. The molecular formula is C14H11Cl2NO3. The van der Waals surface area contributed by atoms with Crippen molar-refractivity contribution in [2.75, 3.05) is 0 Å². The summed E-state index contributed by atoms with van der Waals surface area (Å²) >= 11 is 12.1. The first kappa shape index (κ1) is 13.3. The van der Waals surface area contributed by atoms with Crippen molar-refractivity contribution in [2.24, 2.45) is 0 Å². The second-order valence-electron chi connectivity index (χ2n) is 4.34. The molecule has 1 unspecified atom stereocenters. The van der Waals surface area contributed by atoms with Gasteiger partial charge in [-0.2, -0.15) is 0 Å². The number of aryl methyl sites for hydroxylation is 1. The molecular weight excluding hydrogens is 301 g/mol. The number of alkyl halides is 1. The predicted molar refractivity (Wildman–Crippen MR) is 77.6 cm³/mol. The van der Waals surface area contributed by atoms with Gasteiger partial charge in [-0.15, -0.1) is 11.6 Å². The van der Waals surface area contributed by atoms with E-state index in [1.807, 2.05) is 19.1 Å². The van der Waals surface area contributed by atoms with E-state index < -0.39 is 5.38 Å². The number of rotatable bonds is 3. The highest BCUT2D eigenvalue weighted by atomic mass is 35.5. The quantitative estimate of drug-likeness (QED) is 0.681. The van der Waals surface area contributed by atoms with Crippen molar-refractivity contribution in [2.45, 2.75) is 18.8 Å². The van der Waals surface area contributed by atoms with Crippen LogP contribution in [-0.4, -0.2) is 4.57 Å². The molecule has 0 aliphatic carbocycles. The molecule has 0 aliphatic rings. The standard InChI is InChI=1S/C14H11Cl2NO3/c1-2-17-9-4-3-8(7-11(9)20-14(17)18)13(16)10-5-6-12(15)19-10/h3-7,13H,2H2,1H3. The Hall–Kier alpha value is -1.65. The molecule has 3 aromatic rings. The molecule has 0 N–H and O–H groups in total. The Labute approximate surface area is 124 Å². The first-order valence-corrected chi connectivity index (χ1v) is 6.94. The van der Waals surface area contributed by atoms with E-state index in [0.29, 0.717) is 17.9 Å². The van der Waals surface area contributed by atoms with E-state index in [9.17, 15) is 4.79 Å². The van der Waals surface area contributed by atoms with Crippen LogP contribution in [0, 0.1) is 0 Å². The van der Waals surface area contributed by atoms with Crippen molar-refractivity contribution in [1.29, 1.82) is 0 Å². The highest BCUT2D eigenvalue weighted by molar-refractivity contribution is 6.29. The maximum atomic E-state index is 11.7. The van der Waals surface area contributed by atoms with Gasteiger partial charge in [0, 0.05) is 6.54 Å². The van der Waals surface area contributed by atoms with Crippen molar-refractivity contribution >= 4 is 34.3 Å². The Morgan fingerprint density at radius 1 is 1.25 bits per heavy atom. The van der Waals surface area contributed by atoms with E-state index in [2.05, 4.69) is 0 Å². The third kappa shape index (κ3) is 2.15. The fourth-order valence-corrected chi connectivity index (χ4v) is 2.57. The van der Waals surface area contributed by atoms with Crippen LogP contribution in [0.5, 0.6) is 0 Å². The van der Waals surface area contributed by atoms with Gasteiger partial charge < -0.3 is 8.83 Å². The maximum Gasteiger partial charge on any atom is 0.419 e. The van der Waals surface area contributed by atoms with Crippen LogP contribution in [0.25, 0.3) is 11.1 Å². The Morgan fingerprint density at radius 2 is 2.05 bits per heavy atom. The van der Waals surface area contributed by atoms with E-state index in [1.54, 1.807) is 22.8 Å². The average Bonchev–Trinajstić information content (AvgIpc) is 2.99. The lowest BCUT2D eigenvalue weighted by Gasteiger charge is -2.06. The summed E-state index contributed by atoms with van der Waals surface area (Å²) in [6.45, 7) is 2.45. The molecule has 4 nitrogen and oxygen atoms in total. The van der Waals surface area contributed by atoms with E-state index in [4.69, 9.17) is 32.0 Å². The summed E-state index contributed by atoms with van der Waals surface area (Å²) in [4.78, 5) is 11.7. The van der Waals surface area contributed by atoms with Crippen LogP contribution in [0.1, 0.15) is 23.6 Å². The minimum Gasteiger partial charge on any atom is -0.448 e. The fraction of sp³-hybridized carbons (Fsp3) is 0.214. The van der Waals surface area contributed by atoms with Crippen molar-refractivity contribution in [3.8, 4) is 0 Å². The van der Waals surface area contributed by atoms with Gasteiger partial charge in [0.15, 0.2) is 10.8 Å². The largest absolute Gasteiger partial charge is 0.448 e. The molecule has 2 aromatic heterocycles. The Bertz CT molecular complexity index is 815. The van der Waals surface area contributed by atoms with Gasteiger partial charge in [-0.3, -0.25) is 4.57 Å². The smallest absolute Gasteiger partial charge is 0.419 e. The predicted octanol–water partition coefficient (Wildman–Crippen LogP) is 4.19. The molecule has 2 heterocycles. The number of hydrogen-bond donors (Lipinski definition) is 0. The molecule has 0 saturated heterocycles. The van der Waals surface area contributed by atoms with Gasteiger partial charge >= 0.3 is 5.76 Å². The van der Waals surface area contributed by atoms with Crippen LogP contribution in [-0.2, 0) is 6.54 Å². The fourth-order valence-electron chi connectivity index (χ4n) is 2.17. The molecule has 0 spiro atoms. The van der Waals surface area contributed by atoms with Crippen molar-refractivity contribution in [3.05, 3.63) is 57.4 Å². The zero-order valence-electron chi connectivity index (χ0n) is 10.6. The molecule has 20 heavy (non-hydrogen) atoms. The van der Waals surface area contributed by atoms with Crippen LogP contribution in [0.4, 0.5) is 0 Å². The minimum atomic E-state index is -0.484. The Morgan fingerprint density at radius 3 is 2.70 bits per heavy atom. The number of halogens is 2. The molecule has 0 fully saturated rings. The number of oxazole rings is 1. The lowest BCUT2D eigenvalue weighted by atomic mass is 10.1. The van der Waals surface area contributed by atoms with Gasteiger partial charge in [0.25, 0.3) is 0 Å². The summed E-state index contributed by atoms with van der Waals surface area (Å²) in [6.07, 6.45) is 0. The van der Waals surface area contributed by atoms with Crippen molar-refractivity contribution in [3.63, 3.8) is 0 Å². The lowest BCUT2D eigenvalue weighted by molar-refractivity contribution is 0.511.